The Kier molecular flexibility index (Phi) is 9.00. The molecule has 1 aliphatic heterocycles. The highest BCUT2D eigenvalue weighted by atomic mass is 31.2. The highest BCUT2D eigenvalue weighted by Gasteiger charge is 2.71. The molecule has 4 aliphatic carbocycles. The highest BCUT2D eigenvalue weighted by Crippen LogP contribution is 2.71. The van der Waals surface area contributed by atoms with Crippen molar-refractivity contribution >= 4 is 27.2 Å². The third-order valence-corrected chi connectivity index (χ3v) is 15.8. The van der Waals surface area contributed by atoms with Gasteiger partial charge in [0.25, 0.3) is 5.08 Å². The molecule has 1 saturated heterocycles. The zero-order valence-electron chi connectivity index (χ0n) is 25.6. The normalized spacial score (nSPS) is 39.5. The van der Waals surface area contributed by atoms with Gasteiger partial charge in [-0.05, 0) is 101 Å². The second-order valence-corrected chi connectivity index (χ2v) is 18.6. The maximum Gasteiger partial charge on any atom is 0.407 e. The van der Waals surface area contributed by atoms with E-state index in [2.05, 4.69) is 31.4 Å². The average molecular weight is 667 g/mol. The zero-order chi connectivity index (χ0) is 32.5. The van der Waals surface area contributed by atoms with Crippen molar-refractivity contribution in [1.29, 1.82) is 0 Å². The Morgan fingerprint density at radius 1 is 0.932 bits per heavy atom. The van der Waals surface area contributed by atoms with Gasteiger partial charge >= 0.3 is 21.3 Å². The molecule has 0 bridgehead atoms. The quantitative estimate of drug-likeness (QED) is 0.131. The molecule has 14 nitrogen and oxygen atoms in total. The lowest BCUT2D eigenvalue weighted by molar-refractivity contribution is -0.337. The Labute approximate surface area is 257 Å². The van der Waals surface area contributed by atoms with Crippen molar-refractivity contribution in [2.45, 2.75) is 113 Å². The predicted octanol–water partition coefficient (Wildman–Crippen LogP) is 2.15. The van der Waals surface area contributed by atoms with E-state index in [4.69, 9.17) is 9.47 Å². The minimum absolute atomic E-state index is 0.00328. The van der Waals surface area contributed by atoms with Crippen LogP contribution >= 0.6 is 15.2 Å². The average Bonchev–Trinajstić information content (AvgIpc) is 3.24. The molecule has 1 heterocycles. The number of hydrogen-bond donors (Lipinski definition) is 8. The van der Waals surface area contributed by atoms with Crippen molar-refractivity contribution in [3.8, 4) is 0 Å². The van der Waals surface area contributed by atoms with Crippen LogP contribution in [-0.2, 0) is 23.4 Å². The number of carbonyl (C=O) groups is 2. The number of alkyl carbamates (subject to hydrolysis) is 1. The van der Waals surface area contributed by atoms with Crippen LogP contribution in [-0.4, -0.2) is 83.4 Å². The third-order valence-electron chi connectivity index (χ3n) is 12.0. The molecule has 5 rings (SSSR count). The first kappa shape index (κ1) is 34.3. The Morgan fingerprint density at radius 2 is 1.61 bits per heavy atom. The molecule has 5 fully saturated rings. The van der Waals surface area contributed by atoms with Crippen LogP contribution in [0.1, 0.15) is 85.0 Å². The van der Waals surface area contributed by atoms with Crippen molar-refractivity contribution in [2.75, 3.05) is 13.1 Å². The molecule has 2 amide bonds. The summed E-state index contributed by atoms with van der Waals surface area (Å²) in [6, 6.07) is 0. The molecule has 0 aromatic carbocycles. The molecular formula is C28H48N2O12P2. The molecule has 44 heavy (non-hydrogen) atoms. The maximum absolute atomic E-state index is 12.5. The molecule has 4 saturated carbocycles. The Balaban J connectivity index is 1.07. The molecule has 2 unspecified atom stereocenters. The summed E-state index contributed by atoms with van der Waals surface area (Å²) >= 11 is 0. The third kappa shape index (κ3) is 5.70. The first-order chi connectivity index (χ1) is 20.3. The van der Waals surface area contributed by atoms with Crippen molar-refractivity contribution in [2.24, 2.45) is 35.0 Å². The van der Waals surface area contributed by atoms with Crippen LogP contribution in [0.3, 0.4) is 0 Å². The lowest BCUT2D eigenvalue weighted by Gasteiger charge is -2.67. The zero-order valence-corrected chi connectivity index (χ0v) is 27.3. The lowest BCUT2D eigenvalue weighted by atomic mass is 9.44. The molecule has 1 spiro atoms. The van der Waals surface area contributed by atoms with Crippen molar-refractivity contribution in [1.82, 2.24) is 10.6 Å². The van der Waals surface area contributed by atoms with Gasteiger partial charge in [-0.3, -0.25) is 13.9 Å². The molecule has 0 aromatic rings. The van der Waals surface area contributed by atoms with Gasteiger partial charge in [0.1, 0.15) is 6.10 Å². The van der Waals surface area contributed by atoms with Gasteiger partial charge in [0.05, 0.1) is 23.9 Å². The van der Waals surface area contributed by atoms with E-state index in [0.717, 1.165) is 32.1 Å². The maximum atomic E-state index is 12.5. The standard InChI is InChI=1S/C28H48N2O12P2/c1-25(2)22-6-5-19-17-14-21(31)20-13-16(7-10-26(20,3)18(17)8-11-27(19,22)42-25)41-24(33)30-15-23(32)29-12-4-9-28(34,43(35,36)37)44(38,39)40/h16-22,31,34H,4-15H2,1-3H3,(H,29,32)(H,30,33)(H2,35,36,37)(H2,38,39,40)/t16-,17+,18-,19?,20+,21-,22?,26+,27+/m0/s1. The summed E-state index contributed by atoms with van der Waals surface area (Å²) in [6.45, 7) is 5.99. The van der Waals surface area contributed by atoms with Gasteiger partial charge in [-0.25, -0.2) is 4.79 Å². The summed E-state index contributed by atoms with van der Waals surface area (Å²) in [7, 11) is -11.1. The Bertz CT molecular complexity index is 1210. The van der Waals surface area contributed by atoms with Crippen LogP contribution in [0.25, 0.3) is 0 Å². The van der Waals surface area contributed by atoms with Crippen LogP contribution < -0.4 is 10.6 Å². The fourth-order valence-electron chi connectivity index (χ4n) is 10.0. The van der Waals surface area contributed by atoms with Gasteiger partial charge in [-0.15, -0.1) is 0 Å². The molecule has 0 aromatic heterocycles. The van der Waals surface area contributed by atoms with Gasteiger partial charge in [0, 0.05) is 18.9 Å². The SMILES string of the molecule is CC1(C)O[C@]23CC[C@H]4[C@@H](C[C@H](O)[C@H]5C[C@@H](OC(=O)NCC(=O)NCCCC(O)(P(=O)(O)O)P(=O)(O)O)CC[C@@]54C)C2CCC13. The molecule has 9 atom stereocenters. The Hall–Kier alpha value is -1.08. The summed E-state index contributed by atoms with van der Waals surface area (Å²) in [5.41, 5.74) is -0.135. The number of rotatable bonds is 9. The minimum atomic E-state index is -5.57. The van der Waals surface area contributed by atoms with Gasteiger partial charge in [-0.1, -0.05) is 6.92 Å². The van der Waals surface area contributed by atoms with Gasteiger partial charge in [-0.2, -0.15) is 0 Å². The van der Waals surface area contributed by atoms with E-state index < -0.39 is 57.4 Å². The van der Waals surface area contributed by atoms with Crippen molar-refractivity contribution in [3.05, 3.63) is 0 Å². The van der Waals surface area contributed by atoms with Gasteiger partial charge < -0.3 is 49.9 Å². The van der Waals surface area contributed by atoms with Gasteiger partial charge in [0.2, 0.25) is 5.91 Å². The first-order valence-electron chi connectivity index (χ1n) is 15.7. The first-order valence-corrected chi connectivity index (χ1v) is 18.9. The number of fused-ring (bicyclic) bond motifs is 4. The smallest absolute Gasteiger partial charge is 0.407 e. The van der Waals surface area contributed by atoms with Crippen LogP contribution in [0.2, 0.25) is 0 Å². The highest BCUT2D eigenvalue weighted by molar-refractivity contribution is 7.72. The number of ether oxygens (including phenoxy) is 2. The summed E-state index contributed by atoms with van der Waals surface area (Å²) < 4.78 is 35.1. The van der Waals surface area contributed by atoms with E-state index in [0.29, 0.717) is 36.5 Å². The number of nitrogens with one attached hydrogen (secondary N) is 2. The molecule has 5 aliphatic rings. The second-order valence-electron chi connectivity index (χ2n) is 14.6. The van der Waals surface area contributed by atoms with E-state index in [1.807, 2.05) is 0 Å². The molecule has 252 valence electrons. The van der Waals surface area contributed by atoms with Crippen molar-refractivity contribution in [3.63, 3.8) is 0 Å². The fourth-order valence-corrected chi connectivity index (χ4v) is 12.3. The minimum Gasteiger partial charge on any atom is -0.446 e. The molecular weight excluding hydrogens is 618 g/mol. The van der Waals surface area contributed by atoms with E-state index in [9.17, 15) is 48.5 Å². The molecule has 8 N–H and O–H groups in total. The summed E-state index contributed by atoms with van der Waals surface area (Å²) in [6.07, 6.45) is 4.32. The van der Waals surface area contributed by atoms with Crippen LogP contribution in [0.15, 0.2) is 0 Å². The molecule has 0 radical (unpaired) electrons. The second kappa shape index (κ2) is 11.6. The van der Waals surface area contributed by atoms with Crippen LogP contribution in [0, 0.1) is 35.0 Å². The van der Waals surface area contributed by atoms with Crippen LogP contribution in [0.5, 0.6) is 0 Å². The van der Waals surface area contributed by atoms with E-state index >= 15 is 0 Å². The molecule has 16 heteroatoms. The van der Waals surface area contributed by atoms with E-state index in [1.54, 1.807) is 0 Å². The summed E-state index contributed by atoms with van der Waals surface area (Å²) in [5.74, 6) is 1.35. The van der Waals surface area contributed by atoms with Crippen LogP contribution in [0.4, 0.5) is 4.79 Å². The number of amides is 2. The number of aliphatic hydroxyl groups excluding tert-OH is 1. The monoisotopic (exact) mass is 666 g/mol. The predicted molar refractivity (Wildman–Crippen MR) is 156 cm³/mol. The van der Waals surface area contributed by atoms with E-state index in [1.165, 1.54) is 6.42 Å². The van der Waals surface area contributed by atoms with E-state index in [-0.39, 0.29) is 35.5 Å². The number of carbonyl (C=O) groups excluding carboxylic acids is 2. The van der Waals surface area contributed by atoms with Gasteiger partial charge in [0.15, 0.2) is 0 Å². The fraction of sp³-hybridized carbons (Fsp3) is 0.929. The summed E-state index contributed by atoms with van der Waals surface area (Å²) in [4.78, 5) is 61.3. The van der Waals surface area contributed by atoms with Crippen molar-refractivity contribution < 1.29 is 58.0 Å². The Morgan fingerprint density at radius 3 is 2.25 bits per heavy atom. The summed E-state index contributed by atoms with van der Waals surface area (Å²) in [5, 5.41) is 22.5. The number of hydrogen-bond acceptors (Lipinski definition) is 8. The lowest BCUT2D eigenvalue weighted by Crippen LogP contribution is -2.70. The largest absolute Gasteiger partial charge is 0.446 e. The topological polar surface area (TPSA) is 232 Å². The number of aliphatic hydroxyl groups is 2.